The molecule has 0 unspecified atom stereocenters. The lowest BCUT2D eigenvalue weighted by Crippen LogP contribution is -2.20. The van der Waals surface area contributed by atoms with Gasteiger partial charge in [-0.2, -0.15) is 0 Å². The van der Waals surface area contributed by atoms with Crippen molar-refractivity contribution >= 4 is 5.97 Å². The van der Waals surface area contributed by atoms with Crippen molar-refractivity contribution in [2.45, 2.75) is 32.3 Å². The molecule has 1 aromatic carbocycles. The fourth-order valence-corrected chi connectivity index (χ4v) is 2.06. The zero-order valence-electron chi connectivity index (χ0n) is 10.1. The number of hydrogen-bond donors (Lipinski definition) is 1. The predicted octanol–water partition coefficient (Wildman–Crippen LogP) is 2.70. The Morgan fingerprint density at radius 3 is 2.53 bits per heavy atom. The Hall–Kier alpha value is -1.35. The number of benzene rings is 1. The molecule has 0 aliphatic heterocycles. The topological polar surface area (TPSA) is 46.5 Å². The average molecular weight is 234 g/mol. The Labute approximate surface area is 101 Å². The molecule has 92 valence electrons. The second-order valence-electron chi connectivity index (χ2n) is 4.48. The van der Waals surface area contributed by atoms with Crippen LogP contribution in [-0.4, -0.2) is 17.7 Å². The Bertz CT molecular complexity index is 379. The van der Waals surface area contributed by atoms with Crippen LogP contribution in [0.2, 0.25) is 0 Å². The molecule has 3 heteroatoms. The van der Waals surface area contributed by atoms with Gasteiger partial charge in [-0.1, -0.05) is 18.6 Å². The lowest BCUT2D eigenvalue weighted by atomic mass is 9.79. The van der Waals surface area contributed by atoms with Crippen LogP contribution in [0.1, 0.15) is 48.2 Å². The number of esters is 1. The van der Waals surface area contributed by atoms with Crippen molar-refractivity contribution in [1.29, 1.82) is 0 Å². The number of rotatable bonds is 4. The first-order chi connectivity index (χ1) is 8.22. The van der Waals surface area contributed by atoms with Gasteiger partial charge in [0.25, 0.3) is 0 Å². The summed E-state index contributed by atoms with van der Waals surface area (Å²) in [5.41, 5.74) is 1.43. The summed E-state index contributed by atoms with van der Waals surface area (Å²) in [6.07, 6.45) is 3.02. The normalized spacial score (nSPS) is 17.3. The summed E-state index contributed by atoms with van der Waals surface area (Å²) in [5, 5.41) is 10.1. The molecule has 0 radical (unpaired) electrons. The van der Waals surface area contributed by atoms with Gasteiger partial charge in [0.2, 0.25) is 0 Å². The van der Waals surface area contributed by atoms with Crippen LogP contribution in [0.25, 0.3) is 0 Å². The maximum Gasteiger partial charge on any atom is 0.338 e. The van der Waals surface area contributed by atoms with Crippen molar-refractivity contribution in [3.8, 4) is 0 Å². The van der Waals surface area contributed by atoms with Gasteiger partial charge >= 0.3 is 5.97 Å². The molecule has 1 aliphatic rings. The predicted molar refractivity (Wildman–Crippen MR) is 64.7 cm³/mol. The van der Waals surface area contributed by atoms with Crippen LogP contribution in [0.3, 0.4) is 0 Å². The molecule has 0 bridgehead atoms. The Morgan fingerprint density at radius 1 is 1.41 bits per heavy atom. The van der Waals surface area contributed by atoms with E-state index < -0.39 is 0 Å². The van der Waals surface area contributed by atoms with Crippen molar-refractivity contribution in [2.24, 2.45) is 5.92 Å². The van der Waals surface area contributed by atoms with Gasteiger partial charge in [0.1, 0.15) is 0 Å². The number of ether oxygens (including phenoxy) is 1. The quantitative estimate of drug-likeness (QED) is 0.815. The number of aliphatic hydroxyl groups is 1. The van der Waals surface area contributed by atoms with E-state index >= 15 is 0 Å². The molecular weight excluding hydrogens is 216 g/mol. The minimum atomic E-state index is -0.389. The number of hydrogen-bond acceptors (Lipinski definition) is 3. The third kappa shape index (κ3) is 2.67. The van der Waals surface area contributed by atoms with E-state index in [9.17, 15) is 9.90 Å². The van der Waals surface area contributed by atoms with Crippen LogP contribution in [0.5, 0.6) is 0 Å². The highest BCUT2D eigenvalue weighted by Gasteiger charge is 2.26. The van der Waals surface area contributed by atoms with Crippen LogP contribution in [0, 0.1) is 5.92 Å². The van der Waals surface area contributed by atoms with Gasteiger partial charge in [-0.15, -0.1) is 0 Å². The van der Waals surface area contributed by atoms with Crippen molar-refractivity contribution in [2.75, 3.05) is 6.61 Å². The van der Waals surface area contributed by atoms with E-state index in [1.165, 1.54) is 6.42 Å². The van der Waals surface area contributed by atoms with Gasteiger partial charge in [-0.3, -0.25) is 0 Å². The lowest BCUT2D eigenvalue weighted by molar-refractivity contribution is 0.0524. The van der Waals surface area contributed by atoms with Crippen molar-refractivity contribution in [3.63, 3.8) is 0 Å². The first-order valence-corrected chi connectivity index (χ1v) is 6.17. The van der Waals surface area contributed by atoms with Gasteiger partial charge in [-0.05, 0) is 43.4 Å². The zero-order valence-corrected chi connectivity index (χ0v) is 10.1. The molecule has 0 heterocycles. The van der Waals surface area contributed by atoms with Gasteiger partial charge in [0.15, 0.2) is 0 Å². The van der Waals surface area contributed by atoms with Gasteiger partial charge < -0.3 is 9.84 Å². The van der Waals surface area contributed by atoms with E-state index in [1.54, 1.807) is 19.1 Å². The van der Waals surface area contributed by atoms with E-state index in [2.05, 4.69) is 0 Å². The minimum Gasteiger partial charge on any atom is -0.462 e. The Balaban J connectivity index is 2.04. The number of carbonyl (C=O) groups is 1. The summed E-state index contributed by atoms with van der Waals surface area (Å²) in [6, 6.07) is 7.06. The average Bonchev–Trinajstić information content (AvgIpc) is 2.27. The molecule has 0 aromatic heterocycles. The van der Waals surface area contributed by atoms with Crippen LogP contribution in [0.15, 0.2) is 24.3 Å². The van der Waals surface area contributed by atoms with Gasteiger partial charge in [0.05, 0.1) is 18.3 Å². The minimum absolute atomic E-state index is 0.308. The summed E-state index contributed by atoms with van der Waals surface area (Å²) in [7, 11) is 0. The molecule has 3 nitrogen and oxygen atoms in total. The summed E-state index contributed by atoms with van der Waals surface area (Å²) in [4.78, 5) is 11.4. The fourth-order valence-electron chi connectivity index (χ4n) is 2.06. The fraction of sp³-hybridized carbons (Fsp3) is 0.500. The molecule has 1 saturated carbocycles. The van der Waals surface area contributed by atoms with E-state index in [4.69, 9.17) is 4.74 Å². The van der Waals surface area contributed by atoms with Crippen LogP contribution in [0.4, 0.5) is 0 Å². The third-order valence-electron chi connectivity index (χ3n) is 3.36. The molecular formula is C14H18O3. The van der Waals surface area contributed by atoms with Crippen molar-refractivity contribution in [3.05, 3.63) is 35.4 Å². The van der Waals surface area contributed by atoms with Gasteiger partial charge in [0, 0.05) is 0 Å². The van der Waals surface area contributed by atoms with Crippen LogP contribution < -0.4 is 0 Å². The van der Waals surface area contributed by atoms with E-state index in [0.29, 0.717) is 18.1 Å². The molecule has 0 spiro atoms. The first-order valence-electron chi connectivity index (χ1n) is 6.17. The second kappa shape index (κ2) is 5.32. The largest absolute Gasteiger partial charge is 0.462 e. The molecule has 1 aromatic rings. The maximum absolute atomic E-state index is 11.4. The molecule has 17 heavy (non-hydrogen) atoms. The Kier molecular flexibility index (Phi) is 3.79. The van der Waals surface area contributed by atoms with Crippen LogP contribution >= 0.6 is 0 Å². The molecule has 1 atom stereocenters. The first kappa shape index (κ1) is 12.1. The van der Waals surface area contributed by atoms with E-state index in [1.807, 2.05) is 12.1 Å². The molecule has 1 aliphatic carbocycles. The molecule has 0 saturated heterocycles. The lowest BCUT2D eigenvalue weighted by Gasteiger charge is -2.30. The van der Waals surface area contributed by atoms with E-state index in [-0.39, 0.29) is 12.1 Å². The Morgan fingerprint density at radius 2 is 2.06 bits per heavy atom. The zero-order chi connectivity index (χ0) is 12.3. The highest BCUT2D eigenvalue weighted by Crippen LogP contribution is 2.37. The summed E-state index contributed by atoms with van der Waals surface area (Å²) >= 11 is 0. The monoisotopic (exact) mass is 234 g/mol. The van der Waals surface area contributed by atoms with Crippen molar-refractivity contribution in [1.82, 2.24) is 0 Å². The highest BCUT2D eigenvalue weighted by molar-refractivity contribution is 5.89. The molecule has 1 N–H and O–H groups in total. The molecule has 1 fully saturated rings. The van der Waals surface area contributed by atoms with Crippen LogP contribution in [-0.2, 0) is 4.74 Å². The summed E-state index contributed by atoms with van der Waals surface area (Å²) in [6.45, 7) is 2.16. The molecule has 0 amide bonds. The maximum atomic E-state index is 11.4. The van der Waals surface area contributed by atoms with Crippen molar-refractivity contribution < 1.29 is 14.6 Å². The summed E-state index contributed by atoms with van der Waals surface area (Å²) < 4.78 is 4.91. The second-order valence-corrected chi connectivity index (χ2v) is 4.48. The summed E-state index contributed by atoms with van der Waals surface area (Å²) in [5.74, 6) is 0.0839. The third-order valence-corrected chi connectivity index (χ3v) is 3.36. The molecule has 2 rings (SSSR count). The smallest absolute Gasteiger partial charge is 0.338 e. The van der Waals surface area contributed by atoms with E-state index in [0.717, 1.165) is 18.4 Å². The highest BCUT2D eigenvalue weighted by atomic mass is 16.5. The SMILES string of the molecule is CCOC(=O)c1ccc([C@@H](O)C2CCC2)cc1. The van der Waals surface area contributed by atoms with Gasteiger partial charge in [-0.25, -0.2) is 4.79 Å². The number of carbonyl (C=O) groups excluding carboxylic acids is 1. The number of aliphatic hydroxyl groups excluding tert-OH is 1. The standard InChI is InChI=1S/C14H18O3/c1-2-17-14(16)12-8-6-11(7-9-12)13(15)10-4-3-5-10/h6-10,13,15H,2-5H2,1H3/t13-/m0/s1.